The Morgan fingerprint density at radius 2 is 0.743 bits per heavy atom. The van der Waals surface area contributed by atoms with Crippen molar-refractivity contribution in [1.29, 1.82) is 0 Å². The van der Waals surface area contributed by atoms with Gasteiger partial charge in [-0.25, -0.2) is 23.6 Å². The number of amides is 8. The Bertz CT molecular complexity index is 4650. The summed E-state index contributed by atoms with van der Waals surface area (Å²) in [6, 6.07) is 14.2. The highest BCUT2D eigenvalue weighted by atomic mass is 35.5. The number of piperidine rings is 4. The molecule has 113 heavy (non-hydrogen) atoms. The van der Waals surface area contributed by atoms with Crippen LogP contribution in [0.25, 0.3) is 43.6 Å². The lowest BCUT2D eigenvalue weighted by molar-refractivity contribution is -0.0144. The number of likely N-dealkylation sites (tertiary alicyclic amines) is 4. The van der Waals surface area contributed by atoms with E-state index in [1.54, 1.807) is 46.7 Å². The van der Waals surface area contributed by atoms with Gasteiger partial charge < -0.3 is 61.3 Å². The van der Waals surface area contributed by atoms with Gasteiger partial charge >= 0.3 is 24.1 Å². The zero-order valence-corrected chi connectivity index (χ0v) is 70.9. The summed E-state index contributed by atoms with van der Waals surface area (Å²) in [6.45, 7) is 26.8. The molecule has 31 heteroatoms. The third kappa shape index (κ3) is 21.5. The molecule has 5 aliphatic rings. The molecule has 2 unspecified atom stereocenters. The Kier molecular flexibility index (Phi) is 29.5. The number of hydrogen-bond acceptors (Lipinski definition) is 13. The summed E-state index contributed by atoms with van der Waals surface area (Å²) in [7, 11) is -2.26. The van der Waals surface area contributed by atoms with E-state index in [2.05, 4.69) is 109 Å². The number of aliphatic hydroxyl groups is 4. The van der Waals surface area contributed by atoms with Gasteiger partial charge in [0, 0.05) is 136 Å². The lowest BCUT2D eigenvalue weighted by Gasteiger charge is -2.43. The number of benzene rings is 4. The molecule has 4 saturated heterocycles. The lowest BCUT2D eigenvalue weighted by Crippen LogP contribution is -2.48. The first-order valence-corrected chi connectivity index (χ1v) is 43.5. The van der Waals surface area contributed by atoms with Crippen molar-refractivity contribution < 1.29 is 48.2 Å². The highest BCUT2D eigenvalue weighted by Gasteiger charge is 2.45. The molecule has 0 radical (unpaired) electrons. The monoisotopic (exact) mass is 1660 g/mol. The van der Waals surface area contributed by atoms with Gasteiger partial charge in [-0.15, -0.1) is 0 Å². The van der Waals surface area contributed by atoms with Crippen LogP contribution in [0.15, 0.2) is 73.3 Å². The van der Waals surface area contributed by atoms with E-state index in [1.165, 1.54) is 32.4 Å². The first-order valence-electron chi connectivity index (χ1n) is 39.7. The number of aromatic amines is 4. The molecule has 5 fully saturated rings. The quantitative estimate of drug-likeness (QED) is 0.0316. The average Bonchev–Trinajstić information content (AvgIpc) is 1.76. The van der Waals surface area contributed by atoms with Crippen molar-refractivity contribution in [3.05, 3.63) is 116 Å². The van der Waals surface area contributed by atoms with Crippen molar-refractivity contribution in [3.8, 4) is 0 Å². The molecule has 6 atom stereocenters. The van der Waals surface area contributed by atoms with Gasteiger partial charge in [0.15, 0.2) is 0 Å². The minimum absolute atomic E-state index is 0.0164. The zero-order chi connectivity index (χ0) is 82.1. The Morgan fingerprint density at radius 1 is 0.478 bits per heavy atom. The second-order valence-corrected chi connectivity index (χ2v) is 38.7. The molecule has 0 spiro atoms. The number of fused-ring (bicyclic) bond motifs is 4. The normalized spacial score (nSPS) is 18.7. The molecule has 4 aliphatic heterocycles. The first-order chi connectivity index (χ1) is 53.4. The number of aromatic nitrogens is 8. The average molecular weight is 1660 g/mol. The summed E-state index contributed by atoms with van der Waals surface area (Å²) in [5.41, 5.74) is 4.76. The van der Waals surface area contributed by atoms with Crippen LogP contribution in [0.5, 0.6) is 0 Å². The van der Waals surface area contributed by atoms with E-state index >= 15 is 0 Å². The Balaban J connectivity index is 0.000000160. The number of nitrogens with zero attached hydrogens (tertiary/aromatic N) is 8. The summed E-state index contributed by atoms with van der Waals surface area (Å²) in [4.78, 5) is 56.3. The van der Waals surface area contributed by atoms with Gasteiger partial charge in [0.2, 0.25) is 0 Å². The van der Waals surface area contributed by atoms with E-state index in [-0.39, 0.29) is 59.2 Å². The minimum atomic E-state index is -2.26. The molecular weight excluding hydrogens is 1550 g/mol. The molecular formula is C82H117Cl4FN16O9S. The van der Waals surface area contributed by atoms with Crippen LogP contribution in [0.1, 0.15) is 193 Å². The molecule has 8 amide bonds. The highest BCUT2D eigenvalue weighted by Crippen LogP contribution is 2.51. The third-order valence-electron chi connectivity index (χ3n) is 24.9. The Hall–Kier alpha value is -7.21. The predicted molar refractivity (Wildman–Crippen MR) is 450 cm³/mol. The van der Waals surface area contributed by atoms with E-state index < -0.39 is 50.9 Å². The maximum absolute atomic E-state index is 12.9. The molecule has 4 aromatic heterocycles. The third-order valence-corrected chi connectivity index (χ3v) is 26.5. The van der Waals surface area contributed by atoms with Crippen molar-refractivity contribution in [3.63, 3.8) is 0 Å². The fourth-order valence-corrected chi connectivity index (χ4v) is 18.3. The number of hydrogen-bond donors (Lipinski definition) is 12. The molecule has 8 heterocycles. The van der Waals surface area contributed by atoms with E-state index in [1.807, 2.05) is 67.0 Å². The molecule has 12 N–H and O–H groups in total. The van der Waals surface area contributed by atoms with Crippen LogP contribution in [0.4, 0.5) is 23.6 Å². The second-order valence-electron chi connectivity index (χ2n) is 34.2. The predicted octanol–water partition coefficient (Wildman–Crippen LogP) is 15.7. The van der Waals surface area contributed by atoms with Gasteiger partial charge in [-0.3, -0.25) is 24.6 Å². The van der Waals surface area contributed by atoms with Crippen LogP contribution >= 0.6 is 46.4 Å². The number of H-pyrrole nitrogens is 4. The van der Waals surface area contributed by atoms with Gasteiger partial charge in [-0.05, 0) is 193 Å². The minimum Gasteiger partial charge on any atom is -0.388 e. The number of aliphatic hydroxyl groups excluding tert-OH is 4. The summed E-state index contributed by atoms with van der Waals surface area (Å²) < 4.78 is 24.6. The van der Waals surface area contributed by atoms with E-state index in [0.29, 0.717) is 83.7 Å². The van der Waals surface area contributed by atoms with Crippen molar-refractivity contribution in [2.75, 3.05) is 84.1 Å². The van der Waals surface area contributed by atoms with Crippen molar-refractivity contribution in [2.24, 2.45) is 51.2 Å². The molecule has 1 aliphatic carbocycles. The van der Waals surface area contributed by atoms with E-state index in [0.717, 1.165) is 143 Å². The maximum atomic E-state index is 12.9. The SMILES string of the molecule is C=S(C)(=O)CNC(=O)N1CCC(C(C)(C)[C@H](O)c2cc(Cl)cc3cn[nH]c23)CC1.CC(C)(C1CCN(C(=O)NCC2CCC2)CC1)[C@H](O)c1cc(Cl)cc2cn[nH]c12.CC(F)CNC(=O)N1CCC(C(C)(C)[C@H](O)c2cc(Cl)cc3cn[nH]c23)CC1.CCCNC(=O)N1CCC(C(C)(C)[C@H](O)c2cc(Cl)cc3cn[nH]c23)CC1. The molecule has 0 bridgehead atoms. The van der Waals surface area contributed by atoms with Crippen LogP contribution in [0, 0.1) is 51.2 Å². The number of rotatable bonds is 20. The maximum Gasteiger partial charge on any atom is 0.318 e. The smallest absolute Gasteiger partial charge is 0.318 e. The summed E-state index contributed by atoms with van der Waals surface area (Å²) in [5.74, 6) is 5.36. The fourth-order valence-electron chi connectivity index (χ4n) is 16.9. The van der Waals surface area contributed by atoms with E-state index in [9.17, 15) is 48.2 Å². The topological polar surface area (TPSA) is 342 Å². The first kappa shape index (κ1) is 88.2. The van der Waals surface area contributed by atoms with Gasteiger partial charge in [-0.2, -0.15) is 20.4 Å². The molecule has 4 aromatic carbocycles. The number of nitrogens with one attached hydrogen (secondary N) is 8. The summed E-state index contributed by atoms with van der Waals surface area (Å²) in [5, 5.41) is 90.4. The van der Waals surface area contributed by atoms with Crippen molar-refractivity contribution in [1.82, 2.24) is 81.7 Å². The van der Waals surface area contributed by atoms with Crippen LogP contribution < -0.4 is 21.3 Å². The van der Waals surface area contributed by atoms with Crippen LogP contribution in [-0.2, 0) is 9.52 Å². The van der Waals surface area contributed by atoms with Gasteiger partial charge in [-0.1, -0.05) is 115 Å². The number of halogens is 5. The Morgan fingerprint density at radius 3 is 0.991 bits per heavy atom. The summed E-state index contributed by atoms with van der Waals surface area (Å²) >= 11 is 25.0. The van der Waals surface area contributed by atoms with Crippen LogP contribution in [0.2, 0.25) is 20.1 Å². The number of carbonyl (C=O) groups is 4. The molecule has 8 aromatic rings. The number of alkyl halides is 1. The highest BCUT2D eigenvalue weighted by molar-refractivity contribution is 7.99. The number of urea groups is 4. The summed E-state index contributed by atoms with van der Waals surface area (Å²) in [6.07, 6.45) is 15.8. The largest absolute Gasteiger partial charge is 0.388 e. The second kappa shape index (κ2) is 37.8. The van der Waals surface area contributed by atoms with E-state index in [4.69, 9.17) is 46.4 Å². The molecule has 13 rings (SSSR count). The standard InChI is InChI=1S/C22H31ClN4O2.C20H28ClFN4O2.C20H29ClN4O3S.C20H29ClN4O2/c1-22(2,20(28)18-11-17(23)10-15-13-25-26-19(15)18)16-6-8-27(9-7-16)21(29)24-12-14-4-3-5-14;1-12(22)10-23-19(28)26-6-4-14(5-7-26)20(2,3)18(27)16-9-15(21)8-13-11-24-25-17(13)16;1-20(2,18(26)16-10-15(21)9-13-11-23-24-17(13)16)14-5-7-25(8-6-14)19(27)22-12-29(3,4)28;1-4-7-22-19(27)25-8-5-14(6-9-25)20(2,3)18(26)16-11-15(21)10-13-12-23-24-17(13)16/h10-11,13-14,16,20,28H,3-9,12H2,1-2H3,(H,24,29)(H,25,26);8-9,11-12,14,18,27H,4-7,10H2,1-3H3,(H,23,28)(H,24,25);9-11,14,18,26H,3,5-8,12H2,1-2,4H3,(H,22,27)(H,23,24);10-12,14,18,26H,4-9H2,1-3H3,(H,22,27)(H,23,24)/t20-;12?,18-;18-,29?;18-/m1111/s1. The molecule has 1 saturated carbocycles. The van der Waals surface area contributed by atoms with Crippen molar-refractivity contribution in [2.45, 2.75) is 177 Å². The van der Waals surface area contributed by atoms with Crippen LogP contribution in [0.3, 0.4) is 0 Å². The van der Waals surface area contributed by atoms with Gasteiger partial charge in [0.05, 0.1) is 83.7 Å². The fraction of sp³-hybridized carbons (Fsp3) is 0.598. The zero-order valence-electron chi connectivity index (χ0n) is 67.1. The number of carbonyl (C=O) groups excluding carboxylic acids is 4. The molecule has 25 nitrogen and oxygen atoms in total. The van der Waals surface area contributed by atoms with Crippen LogP contribution in [-0.4, -0.2) is 205 Å². The van der Waals surface area contributed by atoms with Crippen molar-refractivity contribution >= 4 is 130 Å². The Labute approximate surface area is 683 Å². The van der Waals surface area contributed by atoms with Gasteiger partial charge in [0.1, 0.15) is 6.17 Å². The van der Waals surface area contributed by atoms with Gasteiger partial charge in [0.25, 0.3) is 0 Å². The lowest BCUT2D eigenvalue weighted by atomic mass is 9.68. The molecule has 620 valence electrons.